The van der Waals surface area contributed by atoms with Crippen LogP contribution in [0.4, 0.5) is 0 Å². The molecule has 0 amide bonds. The van der Waals surface area contributed by atoms with Gasteiger partial charge in [0, 0.05) is 26.7 Å². The molecule has 0 aliphatic heterocycles. The average Bonchev–Trinajstić information content (AvgIpc) is 2.69. The van der Waals surface area contributed by atoms with E-state index in [-0.39, 0.29) is 0 Å². The van der Waals surface area contributed by atoms with E-state index in [4.69, 9.17) is 4.74 Å². The van der Waals surface area contributed by atoms with Crippen molar-refractivity contribution < 1.29 is 4.74 Å². The fourth-order valence-corrected chi connectivity index (χ4v) is 3.54. The lowest BCUT2D eigenvalue weighted by atomic mass is 9.79. The van der Waals surface area contributed by atoms with E-state index in [0.717, 1.165) is 19.7 Å². The SMILES string of the molecule is CCCN(CC)CC1(CNCCOC)CCCCCC1. The zero-order valence-electron chi connectivity index (χ0n) is 14.0. The first-order valence-corrected chi connectivity index (χ1v) is 8.68. The molecule has 0 atom stereocenters. The van der Waals surface area contributed by atoms with Crippen molar-refractivity contribution in [2.45, 2.75) is 58.8 Å². The number of nitrogens with one attached hydrogen (secondary N) is 1. The van der Waals surface area contributed by atoms with E-state index in [1.54, 1.807) is 7.11 Å². The van der Waals surface area contributed by atoms with Gasteiger partial charge in [-0.3, -0.25) is 0 Å². The van der Waals surface area contributed by atoms with Crippen molar-refractivity contribution in [2.75, 3.05) is 46.4 Å². The molecule has 0 aromatic rings. The summed E-state index contributed by atoms with van der Waals surface area (Å²) in [4.78, 5) is 2.66. The predicted molar refractivity (Wildman–Crippen MR) is 87.3 cm³/mol. The third-order valence-corrected chi connectivity index (χ3v) is 4.69. The second-order valence-corrected chi connectivity index (χ2v) is 6.45. The van der Waals surface area contributed by atoms with Gasteiger partial charge in [-0.1, -0.05) is 39.5 Å². The molecule has 1 aliphatic carbocycles. The smallest absolute Gasteiger partial charge is 0.0587 e. The number of methoxy groups -OCH3 is 1. The van der Waals surface area contributed by atoms with Crippen LogP contribution in [0.25, 0.3) is 0 Å². The molecule has 3 nitrogen and oxygen atoms in total. The normalized spacial score (nSPS) is 19.2. The Kier molecular flexibility index (Phi) is 9.49. The van der Waals surface area contributed by atoms with Gasteiger partial charge in [0.25, 0.3) is 0 Å². The van der Waals surface area contributed by atoms with Crippen LogP contribution >= 0.6 is 0 Å². The van der Waals surface area contributed by atoms with Crippen LogP contribution in [0.15, 0.2) is 0 Å². The summed E-state index contributed by atoms with van der Waals surface area (Å²) < 4.78 is 5.16. The number of hydrogen-bond donors (Lipinski definition) is 1. The summed E-state index contributed by atoms with van der Waals surface area (Å²) in [7, 11) is 1.78. The summed E-state index contributed by atoms with van der Waals surface area (Å²) in [6.45, 7) is 11.3. The quantitative estimate of drug-likeness (QED) is 0.492. The highest BCUT2D eigenvalue weighted by atomic mass is 16.5. The molecule has 3 heteroatoms. The van der Waals surface area contributed by atoms with Crippen molar-refractivity contribution in [1.82, 2.24) is 10.2 Å². The van der Waals surface area contributed by atoms with Gasteiger partial charge in [0.1, 0.15) is 0 Å². The molecule has 1 N–H and O–H groups in total. The Morgan fingerprint density at radius 1 is 1.10 bits per heavy atom. The Morgan fingerprint density at radius 3 is 2.35 bits per heavy atom. The molecule has 0 bridgehead atoms. The molecule has 0 aromatic carbocycles. The minimum atomic E-state index is 0.495. The molecule has 0 unspecified atom stereocenters. The zero-order chi connectivity index (χ0) is 14.7. The van der Waals surface area contributed by atoms with Crippen molar-refractivity contribution in [1.29, 1.82) is 0 Å². The maximum absolute atomic E-state index is 5.16. The molecule has 1 aliphatic rings. The zero-order valence-corrected chi connectivity index (χ0v) is 14.0. The van der Waals surface area contributed by atoms with Gasteiger partial charge >= 0.3 is 0 Å². The Balaban J connectivity index is 2.56. The summed E-state index contributed by atoms with van der Waals surface area (Å²) in [5.74, 6) is 0. The molecular weight excluding hydrogens is 248 g/mol. The highest BCUT2D eigenvalue weighted by molar-refractivity contribution is 4.86. The fourth-order valence-electron chi connectivity index (χ4n) is 3.54. The van der Waals surface area contributed by atoms with Gasteiger partial charge in [-0.2, -0.15) is 0 Å². The fraction of sp³-hybridized carbons (Fsp3) is 1.00. The Morgan fingerprint density at radius 2 is 1.80 bits per heavy atom. The molecular formula is C17H36N2O. The van der Waals surface area contributed by atoms with E-state index in [2.05, 4.69) is 24.1 Å². The first-order chi connectivity index (χ1) is 9.76. The lowest BCUT2D eigenvalue weighted by Gasteiger charge is -2.38. The molecule has 1 rings (SSSR count). The van der Waals surface area contributed by atoms with Crippen molar-refractivity contribution in [3.05, 3.63) is 0 Å². The highest BCUT2D eigenvalue weighted by Gasteiger charge is 2.32. The van der Waals surface area contributed by atoms with E-state index in [9.17, 15) is 0 Å². The van der Waals surface area contributed by atoms with Crippen LogP contribution in [0.2, 0.25) is 0 Å². The largest absolute Gasteiger partial charge is 0.383 e. The van der Waals surface area contributed by atoms with Gasteiger partial charge in [0.05, 0.1) is 6.61 Å². The highest BCUT2D eigenvalue weighted by Crippen LogP contribution is 2.35. The number of rotatable bonds is 10. The molecule has 0 spiro atoms. The van der Waals surface area contributed by atoms with E-state index in [1.807, 2.05) is 0 Å². The summed E-state index contributed by atoms with van der Waals surface area (Å²) >= 11 is 0. The van der Waals surface area contributed by atoms with Crippen LogP contribution in [0.5, 0.6) is 0 Å². The molecule has 1 fully saturated rings. The average molecular weight is 284 g/mol. The standard InChI is InChI=1S/C17H36N2O/c1-4-13-19(5-2)16-17(15-18-12-14-20-3)10-8-6-7-9-11-17/h18H,4-16H2,1-3H3. The van der Waals surface area contributed by atoms with Crippen LogP contribution in [0.3, 0.4) is 0 Å². The molecule has 0 aromatic heterocycles. The number of hydrogen-bond acceptors (Lipinski definition) is 3. The third kappa shape index (κ3) is 6.55. The van der Waals surface area contributed by atoms with Crippen LogP contribution in [0.1, 0.15) is 58.8 Å². The summed E-state index contributed by atoms with van der Waals surface area (Å²) in [5, 5.41) is 3.64. The van der Waals surface area contributed by atoms with E-state index < -0.39 is 0 Å². The Labute approximate surface area is 126 Å². The lowest BCUT2D eigenvalue weighted by Crippen LogP contribution is -2.45. The maximum Gasteiger partial charge on any atom is 0.0587 e. The molecule has 0 saturated heterocycles. The molecule has 0 radical (unpaired) electrons. The second kappa shape index (κ2) is 10.6. The first kappa shape index (κ1) is 17.9. The Bertz CT molecular complexity index is 225. The summed E-state index contributed by atoms with van der Waals surface area (Å²) in [6, 6.07) is 0. The van der Waals surface area contributed by atoms with Crippen LogP contribution < -0.4 is 5.32 Å². The number of ether oxygens (including phenoxy) is 1. The Hall–Kier alpha value is -0.120. The lowest BCUT2D eigenvalue weighted by molar-refractivity contribution is 0.125. The van der Waals surface area contributed by atoms with Crippen LogP contribution in [-0.2, 0) is 4.74 Å². The maximum atomic E-state index is 5.16. The summed E-state index contributed by atoms with van der Waals surface area (Å²) in [5.41, 5.74) is 0.495. The third-order valence-electron chi connectivity index (χ3n) is 4.69. The van der Waals surface area contributed by atoms with Gasteiger partial charge in [-0.25, -0.2) is 0 Å². The van der Waals surface area contributed by atoms with Gasteiger partial charge in [-0.15, -0.1) is 0 Å². The van der Waals surface area contributed by atoms with Gasteiger partial charge in [0.2, 0.25) is 0 Å². The monoisotopic (exact) mass is 284 g/mol. The van der Waals surface area contributed by atoms with E-state index in [0.29, 0.717) is 5.41 Å². The first-order valence-electron chi connectivity index (χ1n) is 8.68. The van der Waals surface area contributed by atoms with E-state index >= 15 is 0 Å². The summed E-state index contributed by atoms with van der Waals surface area (Å²) in [6.07, 6.45) is 9.74. The topological polar surface area (TPSA) is 24.5 Å². The van der Waals surface area contributed by atoms with Crippen molar-refractivity contribution >= 4 is 0 Å². The number of nitrogens with zero attached hydrogens (tertiary/aromatic N) is 1. The molecule has 120 valence electrons. The van der Waals surface area contributed by atoms with Gasteiger partial charge < -0.3 is 15.0 Å². The van der Waals surface area contributed by atoms with Gasteiger partial charge in [-0.05, 0) is 37.8 Å². The molecule has 0 heterocycles. The van der Waals surface area contributed by atoms with Crippen molar-refractivity contribution in [3.63, 3.8) is 0 Å². The van der Waals surface area contributed by atoms with Crippen LogP contribution in [-0.4, -0.2) is 51.3 Å². The second-order valence-electron chi connectivity index (χ2n) is 6.45. The van der Waals surface area contributed by atoms with Crippen LogP contribution in [0, 0.1) is 5.41 Å². The minimum Gasteiger partial charge on any atom is -0.383 e. The molecule has 20 heavy (non-hydrogen) atoms. The van der Waals surface area contributed by atoms with Crippen molar-refractivity contribution in [2.24, 2.45) is 5.41 Å². The van der Waals surface area contributed by atoms with E-state index in [1.165, 1.54) is 64.6 Å². The van der Waals surface area contributed by atoms with Gasteiger partial charge in [0.15, 0.2) is 0 Å². The minimum absolute atomic E-state index is 0.495. The predicted octanol–water partition coefficient (Wildman–Crippen LogP) is 3.29. The van der Waals surface area contributed by atoms with Crippen molar-refractivity contribution in [3.8, 4) is 0 Å². The molecule has 1 saturated carbocycles.